The fourth-order valence-corrected chi connectivity index (χ4v) is 10.1. The van der Waals surface area contributed by atoms with Crippen molar-refractivity contribution < 1.29 is 31.9 Å². The van der Waals surface area contributed by atoms with Gasteiger partial charge in [-0.15, -0.1) is 0 Å². The van der Waals surface area contributed by atoms with Crippen molar-refractivity contribution in [3.05, 3.63) is 141 Å². The highest BCUT2D eigenvalue weighted by Gasteiger charge is 2.29. The quantitative estimate of drug-likeness (QED) is 0.0927. The lowest BCUT2D eigenvalue weighted by Crippen LogP contribution is -2.30. The summed E-state index contributed by atoms with van der Waals surface area (Å²) in [7, 11) is -3.72. The molecule has 0 bridgehead atoms. The van der Waals surface area contributed by atoms with Crippen LogP contribution >= 0.6 is 90.4 Å². The molecule has 0 saturated heterocycles. The summed E-state index contributed by atoms with van der Waals surface area (Å²) in [6.07, 6.45) is 9.37. The number of para-hydroxylation sites is 4. The van der Waals surface area contributed by atoms with Crippen molar-refractivity contribution in [1.82, 2.24) is 0 Å². The number of rotatable bonds is 13. The van der Waals surface area contributed by atoms with E-state index in [1.807, 2.05) is 67.6 Å². The van der Waals surface area contributed by atoms with Crippen LogP contribution in [0.2, 0.25) is 0 Å². The maximum absolute atomic E-state index is 12.5. The van der Waals surface area contributed by atoms with Gasteiger partial charge in [-0.3, -0.25) is 4.18 Å². The van der Waals surface area contributed by atoms with E-state index in [9.17, 15) is 8.42 Å². The molecule has 59 heavy (non-hydrogen) atoms. The molecular formula is C47H52I4O7S. The number of halogens is 4. The minimum absolute atomic E-state index is 0.195. The van der Waals surface area contributed by atoms with Crippen LogP contribution < -0.4 is 14.2 Å². The van der Waals surface area contributed by atoms with E-state index in [1.165, 1.54) is 32.8 Å². The Balaban J connectivity index is 0.000000190. The van der Waals surface area contributed by atoms with Crippen molar-refractivity contribution in [2.24, 2.45) is 23.7 Å². The third-order valence-corrected chi connectivity index (χ3v) is 15.5. The molecule has 4 atom stereocenters. The van der Waals surface area contributed by atoms with Crippen LogP contribution in [-0.2, 0) is 14.3 Å². The standard InChI is InChI=1S/C21H25IO4S.C20H22I2O2.C6H5IO/c1-16-10-12-19(13-11-16)27(23,24)26-15-18-7-3-2-6-17(18)14-25-21-9-5-4-8-20(21)22;21-17-9-3-5-11-19(17)23-13-15-7-1-2-8-16(15)14-24-20-12-6-4-10-18(20)22;7-5-3-1-2-4-6(5)8/h4-5,8-13,17-18H,2-3,6-7,14-15H2,1H3;3-6,9-12,15-16H,1-2,7-8,13-14H2;1-4,8H/t17-,18-;15-,16-;/m00./s1. The average Bonchev–Trinajstić information content (AvgIpc) is 3.24. The van der Waals surface area contributed by atoms with Gasteiger partial charge < -0.3 is 19.3 Å². The van der Waals surface area contributed by atoms with Gasteiger partial charge in [0.25, 0.3) is 10.1 Å². The molecule has 2 aliphatic carbocycles. The van der Waals surface area contributed by atoms with Crippen molar-refractivity contribution in [3.63, 3.8) is 0 Å². The van der Waals surface area contributed by atoms with Crippen molar-refractivity contribution in [2.75, 3.05) is 26.4 Å². The lowest BCUT2D eigenvalue weighted by Gasteiger charge is -2.31. The fourth-order valence-electron chi connectivity index (χ4n) is 7.12. The number of hydrogen-bond donors (Lipinski definition) is 1. The Morgan fingerprint density at radius 1 is 0.492 bits per heavy atom. The Kier molecular flexibility index (Phi) is 20.6. The van der Waals surface area contributed by atoms with Crippen molar-refractivity contribution in [3.8, 4) is 23.0 Å². The first-order chi connectivity index (χ1) is 28.5. The van der Waals surface area contributed by atoms with E-state index in [0.29, 0.717) is 30.1 Å². The summed E-state index contributed by atoms with van der Waals surface area (Å²) in [5, 5.41) is 8.91. The number of aromatic hydroxyl groups is 1. The van der Waals surface area contributed by atoms with E-state index in [1.54, 1.807) is 36.4 Å². The zero-order valence-electron chi connectivity index (χ0n) is 33.2. The van der Waals surface area contributed by atoms with Gasteiger partial charge >= 0.3 is 0 Å². The van der Waals surface area contributed by atoms with E-state index in [0.717, 1.165) is 68.8 Å². The molecule has 0 radical (unpaired) electrons. The van der Waals surface area contributed by atoms with E-state index in [2.05, 4.69) is 115 Å². The molecule has 0 aromatic heterocycles. The molecule has 316 valence electrons. The van der Waals surface area contributed by atoms with Crippen LogP contribution in [0.5, 0.6) is 23.0 Å². The van der Waals surface area contributed by atoms with Crippen molar-refractivity contribution in [2.45, 2.75) is 63.2 Å². The summed E-state index contributed by atoms with van der Waals surface area (Å²) in [5.41, 5.74) is 1.02. The molecule has 0 amide bonds. The number of ether oxygens (including phenoxy) is 3. The summed E-state index contributed by atoms with van der Waals surface area (Å²) in [5.74, 6) is 4.90. The van der Waals surface area contributed by atoms with Gasteiger partial charge in [-0.2, -0.15) is 8.42 Å². The van der Waals surface area contributed by atoms with Crippen LogP contribution in [-0.4, -0.2) is 40.0 Å². The SMILES string of the molecule is Cc1ccc(S(=O)(=O)OC[C@@H]2CCCC[C@H]2COc2ccccc2I)cc1.Ic1ccccc1OC[C@@H]1CCCC[C@H]1COc1ccccc1I.Oc1ccccc1I. The summed E-state index contributed by atoms with van der Waals surface area (Å²) in [6.45, 7) is 4.33. The number of hydrogen-bond acceptors (Lipinski definition) is 7. The van der Waals surface area contributed by atoms with E-state index < -0.39 is 10.1 Å². The summed E-state index contributed by atoms with van der Waals surface area (Å²) >= 11 is 9.02. The van der Waals surface area contributed by atoms with Gasteiger partial charge in [0.2, 0.25) is 0 Å². The Hall–Kier alpha value is -1.87. The highest BCUT2D eigenvalue weighted by Crippen LogP contribution is 2.34. The second kappa shape index (κ2) is 25.3. The summed E-state index contributed by atoms with van der Waals surface area (Å²) < 4.78 is 52.9. The van der Waals surface area contributed by atoms with Crippen LogP contribution in [0.3, 0.4) is 0 Å². The Labute approximate surface area is 405 Å². The summed E-state index contributed by atoms with van der Waals surface area (Å²) in [4.78, 5) is 0.218. The number of phenolic OH excluding ortho intramolecular Hbond substituents is 1. The van der Waals surface area contributed by atoms with Gasteiger partial charge in [-0.25, -0.2) is 0 Å². The van der Waals surface area contributed by atoms with E-state index in [4.69, 9.17) is 23.5 Å². The second-order valence-corrected chi connectivity index (χ2v) is 21.1. The molecule has 0 heterocycles. The Bertz CT molecular complexity index is 2060. The lowest BCUT2D eigenvalue weighted by molar-refractivity contribution is 0.104. The maximum atomic E-state index is 12.5. The normalized spacial score (nSPS) is 18.9. The highest BCUT2D eigenvalue weighted by molar-refractivity contribution is 14.1. The first-order valence-corrected chi connectivity index (χ1v) is 25.7. The van der Waals surface area contributed by atoms with Crippen LogP contribution in [0, 0.1) is 44.9 Å². The Morgan fingerprint density at radius 2 is 0.831 bits per heavy atom. The molecule has 0 spiro atoms. The molecule has 0 unspecified atom stereocenters. The smallest absolute Gasteiger partial charge is 0.296 e. The topological polar surface area (TPSA) is 91.3 Å². The molecule has 2 saturated carbocycles. The molecule has 7 rings (SSSR count). The third-order valence-electron chi connectivity index (χ3n) is 10.6. The van der Waals surface area contributed by atoms with Crippen molar-refractivity contribution >= 4 is 100 Å². The Morgan fingerprint density at radius 3 is 1.17 bits per heavy atom. The number of benzene rings is 5. The second-order valence-electron chi connectivity index (χ2n) is 14.8. The van der Waals surface area contributed by atoms with Gasteiger partial charge in [0.15, 0.2) is 0 Å². The highest BCUT2D eigenvalue weighted by atomic mass is 127. The molecule has 7 nitrogen and oxygen atoms in total. The van der Waals surface area contributed by atoms with Crippen molar-refractivity contribution in [1.29, 1.82) is 0 Å². The lowest BCUT2D eigenvalue weighted by atomic mass is 9.80. The first-order valence-electron chi connectivity index (χ1n) is 20.0. The molecular weight excluding hydrogens is 1220 g/mol. The van der Waals surface area contributed by atoms with Gasteiger partial charge in [0, 0.05) is 0 Å². The average molecular weight is 1270 g/mol. The molecule has 5 aromatic carbocycles. The molecule has 5 aromatic rings. The molecule has 1 N–H and O–H groups in total. The first kappa shape index (κ1) is 48.2. The minimum Gasteiger partial charge on any atom is -0.507 e. The molecule has 2 fully saturated rings. The van der Waals surface area contributed by atoms with Gasteiger partial charge in [-0.05, 0) is 207 Å². The van der Waals surface area contributed by atoms with Crippen LogP contribution in [0.15, 0.2) is 126 Å². The predicted molar refractivity (Wildman–Crippen MR) is 270 cm³/mol. The van der Waals surface area contributed by atoms with Crippen LogP contribution in [0.1, 0.15) is 56.9 Å². The maximum Gasteiger partial charge on any atom is 0.296 e. The third kappa shape index (κ3) is 16.1. The molecule has 12 heteroatoms. The molecule has 0 aliphatic heterocycles. The van der Waals surface area contributed by atoms with Gasteiger partial charge in [0.05, 0.1) is 45.6 Å². The fraction of sp³-hybridized carbons (Fsp3) is 0.362. The summed E-state index contributed by atoms with van der Waals surface area (Å²) in [6, 6.07) is 38.4. The number of phenols is 1. The van der Waals surface area contributed by atoms with Crippen LogP contribution in [0.4, 0.5) is 0 Å². The zero-order chi connectivity index (χ0) is 42.0. The zero-order valence-corrected chi connectivity index (χ0v) is 42.6. The van der Waals surface area contributed by atoms with E-state index in [-0.39, 0.29) is 17.4 Å². The molecule has 2 aliphatic rings. The minimum atomic E-state index is -3.72. The van der Waals surface area contributed by atoms with Gasteiger partial charge in [-0.1, -0.05) is 91.9 Å². The van der Waals surface area contributed by atoms with E-state index >= 15 is 0 Å². The largest absolute Gasteiger partial charge is 0.507 e. The number of aryl methyl sites for hydroxylation is 1. The monoisotopic (exact) mass is 1270 g/mol. The van der Waals surface area contributed by atoms with Gasteiger partial charge in [0.1, 0.15) is 23.0 Å². The van der Waals surface area contributed by atoms with Crippen LogP contribution in [0.25, 0.3) is 0 Å². The predicted octanol–water partition coefficient (Wildman–Crippen LogP) is 13.3.